The quantitative estimate of drug-likeness (QED) is 0.862. The lowest BCUT2D eigenvalue weighted by atomic mass is 9.93. The molecule has 0 aliphatic carbocycles. The lowest BCUT2D eigenvalue weighted by molar-refractivity contribution is 0.0695. The SMILES string of the molecule is O=C(O)c1cncc(OC(=O)N2CCCC(CCc3ccccc3)CC2)c1. The van der Waals surface area contributed by atoms with Crippen molar-refractivity contribution in [1.82, 2.24) is 9.88 Å². The minimum absolute atomic E-state index is 0.00265. The van der Waals surface area contributed by atoms with Gasteiger partial charge in [0, 0.05) is 19.3 Å². The van der Waals surface area contributed by atoms with E-state index in [0.717, 1.165) is 32.1 Å². The fourth-order valence-corrected chi connectivity index (χ4v) is 3.41. The molecule has 1 unspecified atom stereocenters. The number of nitrogens with zero attached hydrogens (tertiary/aromatic N) is 2. The average molecular weight is 368 g/mol. The van der Waals surface area contributed by atoms with Crippen LogP contribution < -0.4 is 4.74 Å². The van der Waals surface area contributed by atoms with Gasteiger partial charge in [0.15, 0.2) is 5.75 Å². The smallest absolute Gasteiger partial charge is 0.415 e. The molecule has 2 heterocycles. The molecule has 1 amide bonds. The van der Waals surface area contributed by atoms with Crippen molar-refractivity contribution in [3.05, 3.63) is 59.9 Å². The second-order valence-electron chi connectivity index (χ2n) is 6.89. The van der Waals surface area contributed by atoms with E-state index in [1.54, 1.807) is 4.90 Å². The Morgan fingerprint density at radius 2 is 1.96 bits per heavy atom. The molecule has 0 saturated carbocycles. The number of aromatic carboxylic acids is 1. The summed E-state index contributed by atoms with van der Waals surface area (Å²) < 4.78 is 5.33. The maximum atomic E-state index is 12.4. The molecular formula is C21H24N2O4. The first-order chi connectivity index (χ1) is 13.1. The lowest BCUT2D eigenvalue weighted by Crippen LogP contribution is -2.34. The average Bonchev–Trinajstić information content (AvgIpc) is 2.93. The number of aromatic nitrogens is 1. The van der Waals surface area contributed by atoms with Crippen LogP contribution in [0.2, 0.25) is 0 Å². The number of pyridine rings is 1. The first-order valence-corrected chi connectivity index (χ1v) is 9.31. The molecule has 6 heteroatoms. The molecule has 1 aliphatic heterocycles. The summed E-state index contributed by atoms with van der Waals surface area (Å²) in [6, 6.07) is 11.8. The van der Waals surface area contributed by atoms with Crippen LogP contribution in [0.4, 0.5) is 4.79 Å². The van der Waals surface area contributed by atoms with Crippen LogP contribution in [0.5, 0.6) is 5.75 Å². The van der Waals surface area contributed by atoms with E-state index in [1.165, 1.54) is 24.0 Å². The Morgan fingerprint density at radius 1 is 1.15 bits per heavy atom. The van der Waals surface area contributed by atoms with Gasteiger partial charge in [0.05, 0.1) is 11.8 Å². The molecule has 1 N–H and O–H groups in total. The van der Waals surface area contributed by atoms with Crippen molar-refractivity contribution in [1.29, 1.82) is 0 Å². The number of hydrogen-bond donors (Lipinski definition) is 1. The van der Waals surface area contributed by atoms with Gasteiger partial charge < -0.3 is 14.7 Å². The highest BCUT2D eigenvalue weighted by Crippen LogP contribution is 2.23. The van der Waals surface area contributed by atoms with E-state index in [1.807, 2.05) is 6.07 Å². The highest BCUT2D eigenvalue weighted by Gasteiger charge is 2.22. The fourth-order valence-electron chi connectivity index (χ4n) is 3.41. The third-order valence-electron chi connectivity index (χ3n) is 4.96. The number of carboxylic acids is 1. The minimum atomic E-state index is -1.10. The van der Waals surface area contributed by atoms with Crippen molar-refractivity contribution in [2.24, 2.45) is 5.92 Å². The topological polar surface area (TPSA) is 79.7 Å². The van der Waals surface area contributed by atoms with Crippen LogP contribution in [0.15, 0.2) is 48.8 Å². The minimum Gasteiger partial charge on any atom is -0.478 e. The van der Waals surface area contributed by atoms with E-state index in [2.05, 4.69) is 29.2 Å². The van der Waals surface area contributed by atoms with E-state index in [9.17, 15) is 9.59 Å². The molecule has 0 radical (unpaired) electrons. The van der Waals surface area contributed by atoms with Gasteiger partial charge in [-0.15, -0.1) is 0 Å². The highest BCUT2D eigenvalue weighted by molar-refractivity contribution is 5.87. The van der Waals surface area contributed by atoms with Crippen LogP contribution >= 0.6 is 0 Å². The molecule has 142 valence electrons. The number of carbonyl (C=O) groups excluding carboxylic acids is 1. The molecule has 27 heavy (non-hydrogen) atoms. The Kier molecular flexibility index (Phi) is 6.41. The standard InChI is InChI=1S/C21H24N2O4/c24-20(25)18-13-19(15-22-14-18)27-21(26)23-11-4-7-17(10-12-23)9-8-16-5-2-1-3-6-16/h1-3,5-6,13-15,17H,4,7-12H2,(H,24,25). The number of likely N-dealkylation sites (tertiary alicyclic amines) is 1. The van der Waals surface area contributed by atoms with Crippen molar-refractivity contribution >= 4 is 12.1 Å². The molecule has 1 fully saturated rings. The van der Waals surface area contributed by atoms with Gasteiger partial charge in [-0.25, -0.2) is 9.59 Å². The molecule has 0 bridgehead atoms. The molecule has 6 nitrogen and oxygen atoms in total. The van der Waals surface area contributed by atoms with E-state index in [4.69, 9.17) is 9.84 Å². The molecule has 1 atom stereocenters. The number of aryl methyl sites for hydroxylation is 1. The first kappa shape index (κ1) is 18.9. The van der Waals surface area contributed by atoms with Crippen LogP contribution in [-0.2, 0) is 6.42 Å². The zero-order chi connectivity index (χ0) is 19.1. The van der Waals surface area contributed by atoms with E-state index in [-0.39, 0.29) is 11.3 Å². The second-order valence-corrected chi connectivity index (χ2v) is 6.89. The van der Waals surface area contributed by atoms with Gasteiger partial charge in [0.2, 0.25) is 0 Å². The number of carboxylic acid groups (broad SMARTS) is 1. The lowest BCUT2D eigenvalue weighted by Gasteiger charge is -2.20. The van der Waals surface area contributed by atoms with E-state index >= 15 is 0 Å². The second kappa shape index (κ2) is 9.16. The van der Waals surface area contributed by atoms with Crippen LogP contribution in [0, 0.1) is 5.92 Å². The molecule has 1 aliphatic rings. The zero-order valence-corrected chi connectivity index (χ0v) is 15.2. The number of rotatable bonds is 5. The Bertz CT molecular complexity index is 779. The molecular weight excluding hydrogens is 344 g/mol. The van der Waals surface area contributed by atoms with Crippen molar-refractivity contribution in [3.63, 3.8) is 0 Å². The summed E-state index contributed by atoms with van der Waals surface area (Å²) in [7, 11) is 0. The summed E-state index contributed by atoms with van der Waals surface area (Å²) in [4.78, 5) is 28.9. The Balaban J connectivity index is 1.50. The molecule has 3 rings (SSSR count). The predicted octanol–water partition coefficient (Wildman–Crippen LogP) is 4.01. The van der Waals surface area contributed by atoms with Gasteiger partial charge >= 0.3 is 12.1 Å². The normalized spacial score (nSPS) is 17.2. The van der Waals surface area contributed by atoms with Crippen molar-refractivity contribution in [3.8, 4) is 5.75 Å². The Hall–Kier alpha value is -2.89. The van der Waals surface area contributed by atoms with Gasteiger partial charge in [-0.2, -0.15) is 0 Å². The van der Waals surface area contributed by atoms with Crippen LogP contribution in [-0.4, -0.2) is 40.1 Å². The first-order valence-electron chi connectivity index (χ1n) is 9.31. The molecule has 1 aromatic heterocycles. The summed E-state index contributed by atoms with van der Waals surface area (Å²) in [5.41, 5.74) is 1.35. The number of hydrogen-bond acceptors (Lipinski definition) is 4. The van der Waals surface area contributed by atoms with Crippen molar-refractivity contribution in [2.75, 3.05) is 13.1 Å². The van der Waals surface area contributed by atoms with Crippen molar-refractivity contribution in [2.45, 2.75) is 32.1 Å². The van der Waals surface area contributed by atoms with Gasteiger partial charge in [-0.3, -0.25) is 4.98 Å². The van der Waals surface area contributed by atoms with Crippen LogP contribution in [0.25, 0.3) is 0 Å². The monoisotopic (exact) mass is 368 g/mol. The Labute approximate surface area is 158 Å². The maximum absolute atomic E-state index is 12.4. The summed E-state index contributed by atoms with van der Waals surface area (Å²) >= 11 is 0. The van der Waals surface area contributed by atoms with Crippen LogP contribution in [0.3, 0.4) is 0 Å². The Morgan fingerprint density at radius 3 is 2.74 bits per heavy atom. The van der Waals surface area contributed by atoms with Crippen molar-refractivity contribution < 1.29 is 19.4 Å². The largest absolute Gasteiger partial charge is 0.478 e. The summed E-state index contributed by atoms with van der Waals surface area (Å²) in [5.74, 6) is -0.346. The van der Waals surface area contributed by atoms with Gasteiger partial charge in [0.1, 0.15) is 0 Å². The number of ether oxygens (including phenoxy) is 1. The molecule has 1 aromatic carbocycles. The molecule has 0 spiro atoms. The fraction of sp³-hybridized carbons (Fsp3) is 0.381. The van der Waals surface area contributed by atoms with E-state index < -0.39 is 12.1 Å². The number of amides is 1. The molecule has 1 saturated heterocycles. The van der Waals surface area contributed by atoms with Gasteiger partial charge in [-0.05, 0) is 49.7 Å². The van der Waals surface area contributed by atoms with E-state index in [0.29, 0.717) is 19.0 Å². The summed E-state index contributed by atoms with van der Waals surface area (Å²) in [6.45, 7) is 1.32. The maximum Gasteiger partial charge on any atom is 0.415 e. The third-order valence-corrected chi connectivity index (χ3v) is 4.96. The summed E-state index contributed by atoms with van der Waals surface area (Å²) in [5, 5.41) is 9.00. The third kappa shape index (κ3) is 5.54. The number of benzene rings is 1. The molecule has 2 aromatic rings. The summed E-state index contributed by atoms with van der Waals surface area (Å²) in [6.07, 6.45) is 7.32. The zero-order valence-electron chi connectivity index (χ0n) is 15.2. The van der Waals surface area contributed by atoms with Crippen LogP contribution in [0.1, 0.15) is 41.6 Å². The number of carbonyl (C=O) groups is 2. The highest BCUT2D eigenvalue weighted by atomic mass is 16.6. The van der Waals surface area contributed by atoms with Gasteiger partial charge in [-0.1, -0.05) is 30.3 Å². The van der Waals surface area contributed by atoms with Gasteiger partial charge in [0.25, 0.3) is 0 Å². The predicted molar refractivity (Wildman–Crippen MR) is 101 cm³/mol.